The number of amides is 1. The van der Waals surface area contributed by atoms with Crippen LogP contribution in [0.15, 0.2) is 42.5 Å². The minimum atomic E-state index is 0.0771. The molecule has 3 nitrogen and oxygen atoms in total. The molecule has 0 unspecified atom stereocenters. The third-order valence-corrected chi connectivity index (χ3v) is 3.98. The Labute approximate surface area is 125 Å². The van der Waals surface area contributed by atoms with Gasteiger partial charge in [0.1, 0.15) is 0 Å². The number of nitrogens with zero attached hydrogens (tertiary/aromatic N) is 1. The molecule has 3 rings (SSSR count). The first-order valence-electron chi connectivity index (χ1n) is 6.05. The van der Waals surface area contributed by atoms with E-state index >= 15 is 0 Å². The Hall–Kier alpha value is -1.56. The Kier molecular flexibility index (Phi) is 3.18. The van der Waals surface area contributed by atoms with Crippen molar-refractivity contribution >= 4 is 34.2 Å². The van der Waals surface area contributed by atoms with Gasteiger partial charge in [0.2, 0.25) is 0 Å². The van der Waals surface area contributed by atoms with Crippen molar-refractivity contribution < 1.29 is 4.79 Å². The number of benzene rings is 2. The van der Waals surface area contributed by atoms with E-state index in [1.54, 1.807) is 0 Å². The normalized spacial score (nSPS) is 13.4. The Balaban J connectivity index is 1.85. The highest BCUT2D eigenvalue weighted by atomic mass is 127. The lowest BCUT2D eigenvalue weighted by molar-refractivity contribution is 0.0751. The number of carbonyl (C=O) groups excluding carboxylic acids is 1. The topological polar surface area (TPSA) is 46.3 Å². The summed E-state index contributed by atoms with van der Waals surface area (Å²) in [6.07, 6.45) is 0. The van der Waals surface area contributed by atoms with Crippen LogP contribution in [0.1, 0.15) is 21.5 Å². The quantitative estimate of drug-likeness (QED) is 0.625. The van der Waals surface area contributed by atoms with Crippen molar-refractivity contribution in [3.8, 4) is 0 Å². The maximum absolute atomic E-state index is 12.4. The largest absolute Gasteiger partial charge is 0.399 e. The second-order valence-corrected chi connectivity index (χ2v) is 5.95. The Morgan fingerprint density at radius 3 is 2.68 bits per heavy atom. The third kappa shape index (κ3) is 2.45. The highest BCUT2D eigenvalue weighted by Gasteiger charge is 2.24. The number of anilines is 1. The van der Waals surface area contributed by atoms with E-state index in [0.29, 0.717) is 13.1 Å². The van der Waals surface area contributed by atoms with Crippen LogP contribution in [-0.2, 0) is 13.1 Å². The molecule has 1 aliphatic heterocycles. The molecule has 1 heterocycles. The summed E-state index contributed by atoms with van der Waals surface area (Å²) in [4.78, 5) is 14.3. The van der Waals surface area contributed by atoms with Crippen LogP contribution in [0, 0.1) is 3.57 Å². The summed E-state index contributed by atoms with van der Waals surface area (Å²) in [6.45, 7) is 1.31. The maximum Gasteiger partial charge on any atom is 0.254 e. The number of nitrogen functional groups attached to an aromatic ring is 1. The number of fused-ring (bicyclic) bond motifs is 1. The van der Waals surface area contributed by atoms with Gasteiger partial charge in [-0.1, -0.05) is 12.1 Å². The molecule has 2 aromatic carbocycles. The minimum absolute atomic E-state index is 0.0771. The van der Waals surface area contributed by atoms with Crippen LogP contribution in [0.25, 0.3) is 0 Å². The molecule has 4 heteroatoms. The predicted molar refractivity (Wildman–Crippen MR) is 83.6 cm³/mol. The number of halogens is 1. The molecule has 0 aromatic heterocycles. The van der Waals surface area contributed by atoms with Crippen molar-refractivity contribution in [3.05, 3.63) is 62.7 Å². The summed E-state index contributed by atoms with van der Waals surface area (Å²) in [7, 11) is 0. The maximum atomic E-state index is 12.4. The number of carbonyl (C=O) groups is 1. The highest BCUT2D eigenvalue weighted by Crippen LogP contribution is 2.26. The average molecular weight is 364 g/mol. The van der Waals surface area contributed by atoms with Gasteiger partial charge in [-0.05, 0) is 64.0 Å². The lowest BCUT2D eigenvalue weighted by Crippen LogP contribution is -2.25. The molecule has 0 saturated carbocycles. The number of hydrogen-bond acceptors (Lipinski definition) is 2. The van der Waals surface area contributed by atoms with Crippen LogP contribution >= 0.6 is 22.6 Å². The van der Waals surface area contributed by atoms with Gasteiger partial charge in [-0.2, -0.15) is 0 Å². The fourth-order valence-electron chi connectivity index (χ4n) is 2.36. The summed E-state index contributed by atoms with van der Waals surface area (Å²) >= 11 is 2.22. The Bertz CT molecular complexity index is 654. The number of rotatable bonds is 1. The first-order valence-corrected chi connectivity index (χ1v) is 7.13. The monoisotopic (exact) mass is 364 g/mol. The first-order chi connectivity index (χ1) is 9.13. The fourth-order valence-corrected chi connectivity index (χ4v) is 2.91. The molecule has 0 atom stereocenters. The van der Waals surface area contributed by atoms with Crippen LogP contribution in [0.2, 0.25) is 0 Å². The van der Waals surface area contributed by atoms with Crippen LogP contribution in [-0.4, -0.2) is 10.8 Å². The van der Waals surface area contributed by atoms with Gasteiger partial charge in [-0.25, -0.2) is 0 Å². The smallest absolute Gasteiger partial charge is 0.254 e. The van der Waals surface area contributed by atoms with E-state index in [4.69, 9.17) is 5.73 Å². The zero-order valence-electron chi connectivity index (χ0n) is 10.3. The molecule has 2 N–H and O–H groups in total. The third-order valence-electron chi connectivity index (χ3n) is 3.31. The standard InChI is InChI=1S/C15H13IN2O/c16-13-3-1-2-10(6-13)15(19)18-8-11-4-5-14(17)7-12(11)9-18/h1-7H,8-9,17H2. The van der Waals surface area contributed by atoms with Crippen molar-refractivity contribution in [2.75, 3.05) is 5.73 Å². The molecule has 0 saturated heterocycles. The molecule has 2 aromatic rings. The molecule has 0 bridgehead atoms. The summed E-state index contributed by atoms with van der Waals surface area (Å²) in [6, 6.07) is 13.5. The van der Waals surface area contributed by atoms with E-state index in [9.17, 15) is 4.79 Å². The molecule has 0 aliphatic carbocycles. The van der Waals surface area contributed by atoms with Crippen molar-refractivity contribution in [3.63, 3.8) is 0 Å². The summed E-state index contributed by atoms with van der Waals surface area (Å²) in [5, 5.41) is 0. The van der Waals surface area contributed by atoms with Crippen molar-refractivity contribution in [1.82, 2.24) is 4.90 Å². The van der Waals surface area contributed by atoms with Gasteiger partial charge >= 0.3 is 0 Å². The fraction of sp³-hybridized carbons (Fsp3) is 0.133. The van der Waals surface area contributed by atoms with E-state index in [1.807, 2.05) is 47.4 Å². The molecular weight excluding hydrogens is 351 g/mol. The Morgan fingerprint density at radius 2 is 1.89 bits per heavy atom. The predicted octanol–water partition coefficient (Wildman–Crippen LogP) is 3.03. The number of nitrogens with two attached hydrogens (primary N) is 1. The SMILES string of the molecule is Nc1ccc2c(c1)CN(C(=O)c1cccc(I)c1)C2. The van der Waals surface area contributed by atoms with Crippen molar-refractivity contribution in [1.29, 1.82) is 0 Å². The van der Waals surface area contributed by atoms with Gasteiger partial charge in [-0.3, -0.25) is 4.79 Å². The highest BCUT2D eigenvalue weighted by molar-refractivity contribution is 14.1. The minimum Gasteiger partial charge on any atom is -0.399 e. The van der Waals surface area contributed by atoms with Gasteiger partial charge in [-0.15, -0.1) is 0 Å². The van der Waals surface area contributed by atoms with Crippen LogP contribution < -0.4 is 5.73 Å². The number of hydrogen-bond donors (Lipinski definition) is 1. The van der Waals surface area contributed by atoms with Gasteiger partial charge in [0.05, 0.1) is 0 Å². The lowest BCUT2D eigenvalue weighted by Gasteiger charge is -2.15. The van der Waals surface area contributed by atoms with E-state index in [-0.39, 0.29) is 5.91 Å². The molecule has 0 fully saturated rings. The van der Waals surface area contributed by atoms with E-state index in [2.05, 4.69) is 22.6 Å². The molecule has 96 valence electrons. The van der Waals surface area contributed by atoms with E-state index in [0.717, 1.165) is 20.4 Å². The van der Waals surface area contributed by atoms with Crippen LogP contribution in [0.5, 0.6) is 0 Å². The van der Waals surface area contributed by atoms with Crippen LogP contribution in [0.4, 0.5) is 5.69 Å². The zero-order chi connectivity index (χ0) is 13.4. The van der Waals surface area contributed by atoms with Crippen molar-refractivity contribution in [2.45, 2.75) is 13.1 Å². The van der Waals surface area contributed by atoms with Crippen LogP contribution in [0.3, 0.4) is 0 Å². The summed E-state index contributed by atoms with van der Waals surface area (Å²) in [5.74, 6) is 0.0771. The van der Waals surface area contributed by atoms with Crippen molar-refractivity contribution in [2.24, 2.45) is 0 Å². The molecule has 1 amide bonds. The van der Waals surface area contributed by atoms with Gasteiger partial charge < -0.3 is 10.6 Å². The van der Waals surface area contributed by atoms with Gasteiger partial charge in [0.15, 0.2) is 0 Å². The first kappa shape index (κ1) is 12.5. The Morgan fingerprint density at radius 1 is 1.11 bits per heavy atom. The molecule has 19 heavy (non-hydrogen) atoms. The molecule has 0 radical (unpaired) electrons. The van der Waals surface area contributed by atoms with Gasteiger partial charge in [0, 0.05) is 27.9 Å². The second-order valence-electron chi connectivity index (χ2n) is 4.70. The molecule has 0 spiro atoms. The average Bonchev–Trinajstić information content (AvgIpc) is 2.80. The molecular formula is C15H13IN2O. The zero-order valence-corrected chi connectivity index (χ0v) is 12.4. The summed E-state index contributed by atoms with van der Waals surface area (Å²) < 4.78 is 1.07. The van der Waals surface area contributed by atoms with E-state index < -0.39 is 0 Å². The van der Waals surface area contributed by atoms with Gasteiger partial charge in [0.25, 0.3) is 5.91 Å². The van der Waals surface area contributed by atoms with E-state index in [1.165, 1.54) is 5.56 Å². The lowest BCUT2D eigenvalue weighted by atomic mass is 10.1. The second kappa shape index (κ2) is 4.85. The molecule has 1 aliphatic rings. The summed E-state index contributed by atoms with van der Waals surface area (Å²) in [5.41, 5.74) is 9.61.